The fraction of sp³-hybridized carbons (Fsp3) is 0.556. The van der Waals surface area contributed by atoms with E-state index in [0.717, 1.165) is 34.6 Å². The summed E-state index contributed by atoms with van der Waals surface area (Å²) in [6.45, 7) is 6.92. The maximum Gasteiger partial charge on any atom is 0.194 e. The van der Waals surface area contributed by atoms with E-state index < -0.39 is 0 Å². The van der Waals surface area contributed by atoms with Gasteiger partial charge in [0.15, 0.2) is 5.96 Å². The summed E-state index contributed by atoms with van der Waals surface area (Å²) in [5.41, 5.74) is 4.50. The summed E-state index contributed by atoms with van der Waals surface area (Å²) in [4.78, 5) is 6.47. The Morgan fingerprint density at radius 2 is 2.15 bits per heavy atom. The van der Waals surface area contributed by atoms with Crippen molar-refractivity contribution in [1.29, 1.82) is 0 Å². The molecule has 0 atom stereocenters. The lowest BCUT2D eigenvalue weighted by molar-refractivity contribution is 0.182. The van der Waals surface area contributed by atoms with Crippen molar-refractivity contribution in [3.63, 3.8) is 0 Å². The molecule has 0 unspecified atom stereocenters. The Labute approximate surface area is 160 Å². The molecule has 0 saturated heterocycles. The average Bonchev–Trinajstić information content (AvgIpc) is 3.05. The quantitative estimate of drug-likeness (QED) is 0.591. The second-order valence-electron chi connectivity index (χ2n) is 6.38. The van der Waals surface area contributed by atoms with Crippen LogP contribution in [-0.2, 0) is 31.4 Å². The van der Waals surface area contributed by atoms with E-state index in [1.54, 1.807) is 14.2 Å². The van der Waals surface area contributed by atoms with Crippen molar-refractivity contribution < 1.29 is 4.74 Å². The molecule has 7 nitrogen and oxygen atoms in total. The standard InChI is InChI=1S/C18H29ClN6O/c1-13-17(14(2)25(22-13)7-8-26-6)10-21-18(20-3)24(5)12-16-9-15(19)11-23(16)4/h9,11H,7-8,10,12H2,1-6H3,(H,20,21). The van der Waals surface area contributed by atoms with Gasteiger partial charge in [-0.05, 0) is 19.9 Å². The molecule has 1 N–H and O–H groups in total. The van der Waals surface area contributed by atoms with Crippen LogP contribution in [0.15, 0.2) is 17.3 Å². The second kappa shape index (κ2) is 9.09. The zero-order valence-corrected chi connectivity index (χ0v) is 17.3. The van der Waals surface area contributed by atoms with Crippen molar-refractivity contribution in [3.05, 3.63) is 39.9 Å². The highest BCUT2D eigenvalue weighted by molar-refractivity contribution is 6.30. The van der Waals surface area contributed by atoms with Crippen molar-refractivity contribution in [2.24, 2.45) is 12.0 Å². The number of aromatic nitrogens is 3. The second-order valence-corrected chi connectivity index (χ2v) is 6.82. The molecule has 0 aliphatic rings. The molecule has 0 spiro atoms. The molecule has 0 amide bonds. The largest absolute Gasteiger partial charge is 0.383 e. The summed E-state index contributed by atoms with van der Waals surface area (Å²) in [5, 5.41) is 8.78. The number of aryl methyl sites for hydroxylation is 2. The molecular formula is C18H29ClN6O. The number of hydrogen-bond acceptors (Lipinski definition) is 3. The molecular weight excluding hydrogens is 352 g/mol. The average molecular weight is 381 g/mol. The SMILES string of the molecule is CN=C(NCc1c(C)nn(CCOC)c1C)N(C)Cc1cc(Cl)cn1C. The number of rotatable bonds is 7. The number of aliphatic imine (C=N–C) groups is 1. The van der Waals surface area contributed by atoms with Crippen LogP contribution in [0.1, 0.15) is 22.6 Å². The van der Waals surface area contributed by atoms with Gasteiger partial charge in [0.1, 0.15) is 0 Å². The topological polar surface area (TPSA) is 59.6 Å². The van der Waals surface area contributed by atoms with E-state index in [-0.39, 0.29) is 0 Å². The normalized spacial score (nSPS) is 11.9. The van der Waals surface area contributed by atoms with Crippen LogP contribution in [0.25, 0.3) is 0 Å². The maximum absolute atomic E-state index is 6.07. The molecule has 8 heteroatoms. The van der Waals surface area contributed by atoms with E-state index in [1.165, 1.54) is 5.56 Å². The minimum absolute atomic E-state index is 0.651. The summed E-state index contributed by atoms with van der Waals surface area (Å²) in [6, 6.07) is 1.97. The van der Waals surface area contributed by atoms with Crippen LogP contribution in [0, 0.1) is 13.8 Å². The number of methoxy groups -OCH3 is 1. The lowest BCUT2D eigenvalue weighted by Crippen LogP contribution is -2.38. The lowest BCUT2D eigenvalue weighted by atomic mass is 10.2. The fourth-order valence-corrected chi connectivity index (χ4v) is 3.25. The molecule has 0 aliphatic heterocycles. The molecule has 2 heterocycles. The maximum atomic E-state index is 6.07. The molecule has 0 fully saturated rings. The van der Waals surface area contributed by atoms with Gasteiger partial charge >= 0.3 is 0 Å². The van der Waals surface area contributed by atoms with Crippen LogP contribution in [0.5, 0.6) is 0 Å². The minimum atomic E-state index is 0.651. The third kappa shape index (κ3) is 4.80. The molecule has 0 saturated carbocycles. The van der Waals surface area contributed by atoms with Gasteiger partial charge in [-0.25, -0.2) is 0 Å². The Bertz CT molecular complexity index is 764. The van der Waals surface area contributed by atoms with Gasteiger partial charge in [0.25, 0.3) is 0 Å². The molecule has 0 aliphatic carbocycles. The van der Waals surface area contributed by atoms with Crippen molar-refractivity contribution in [2.45, 2.75) is 33.5 Å². The highest BCUT2D eigenvalue weighted by atomic mass is 35.5. The molecule has 0 aromatic carbocycles. The van der Waals surface area contributed by atoms with Crippen molar-refractivity contribution >= 4 is 17.6 Å². The van der Waals surface area contributed by atoms with Gasteiger partial charge in [-0.1, -0.05) is 11.6 Å². The van der Waals surface area contributed by atoms with Gasteiger partial charge in [0, 0.05) is 57.9 Å². The van der Waals surface area contributed by atoms with Gasteiger partial charge in [0.05, 0.1) is 30.4 Å². The molecule has 2 aromatic rings. The number of hydrogen-bond donors (Lipinski definition) is 1. The van der Waals surface area contributed by atoms with Gasteiger partial charge in [-0.3, -0.25) is 9.67 Å². The lowest BCUT2D eigenvalue weighted by Gasteiger charge is -2.22. The Kier molecular flexibility index (Phi) is 7.11. The Morgan fingerprint density at radius 1 is 1.42 bits per heavy atom. The first-order valence-corrected chi connectivity index (χ1v) is 8.99. The predicted molar refractivity (Wildman–Crippen MR) is 106 cm³/mol. The van der Waals surface area contributed by atoms with Crippen LogP contribution in [-0.4, -0.2) is 53.0 Å². The van der Waals surface area contributed by atoms with Gasteiger partial charge in [-0.2, -0.15) is 5.10 Å². The summed E-state index contributed by atoms with van der Waals surface area (Å²) < 4.78 is 9.17. The van der Waals surface area contributed by atoms with Crippen molar-refractivity contribution in [1.82, 2.24) is 24.6 Å². The van der Waals surface area contributed by atoms with E-state index >= 15 is 0 Å². The number of ether oxygens (including phenoxy) is 1. The zero-order chi connectivity index (χ0) is 19.3. The van der Waals surface area contributed by atoms with Crippen molar-refractivity contribution in [2.75, 3.05) is 27.8 Å². The van der Waals surface area contributed by atoms with E-state index in [2.05, 4.69) is 27.2 Å². The summed E-state index contributed by atoms with van der Waals surface area (Å²) in [5.74, 6) is 0.825. The fourth-order valence-electron chi connectivity index (χ4n) is 2.98. The van der Waals surface area contributed by atoms with Crippen LogP contribution in [0.3, 0.4) is 0 Å². The number of guanidine groups is 1. The highest BCUT2D eigenvalue weighted by Crippen LogP contribution is 2.15. The van der Waals surface area contributed by atoms with Gasteiger partial charge < -0.3 is 19.5 Å². The molecule has 26 heavy (non-hydrogen) atoms. The van der Waals surface area contributed by atoms with Crippen LogP contribution < -0.4 is 5.32 Å². The first kappa shape index (κ1) is 20.3. The Morgan fingerprint density at radius 3 is 2.73 bits per heavy atom. The first-order chi connectivity index (χ1) is 12.4. The Hall–Kier alpha value is -1.99. The molecule has 2 rings (SSSR count). The third-order valence-electron chi connectivity index (χ3n) is 4.51. The minimum Gasteiger partial charge on any atom is -0.383 e. The van der Waals surface area contributed by atoms with E-state index in [1.807, 2.05) is 42.5 Å². The van der Waals surface area contributed by atoms with Gasteiger partial charge in [-0.15, -0.1) is 0 Å². The smallest absolute Gasteiger partial charge is 0.194 e. The molecule has 0 bridgehead atoms. The van der Waals surface area contributed by atoms with Crippen LogP contribution in [0.4, 0.5) is 0 Å². The van der Waals surface area contributed by atoms with Crippen LogP contribution in [0.2, 0.25) is 5.02 Å². The summed E-state index contributed by atoms with van der Waals surface area (Å²) in [7, 11) is 7.50. The van der Waals surface area contributed by atoms with Crippen LogP contribution >= 0.6 is 11.6 Å². The summed E-state index contributed by atoms with van der Waals surface area (Å²) >= 11 is 6.07. The Balaban J connectivity index is 2.02. The predicted octanol–water partition coefficient (Wildman–Crippen LogP) is 2.35. The molecule has 0 radical (unpaired) electrons. The zero-order valence-electron chi connectivity index (χ0n) is 16.5. The third-order valence-corrected chi connectivity index (χ3v) is 4.72. The molecule has 144 valence electrons. The van der Waals surface area contributed by atoms with Gasteiger partial charge in [0.2, 0.25) is 0 Å². The van der Waals surface area contributed by atoms with Crippen molar-refractivity contribution in [3.8, 4) is 0 Å². The molecule has 2 aromatic heterocycles. The highest BCUT2D eigenvalue weighted by Gasteiger charge is 2.14. The van der Waals surface area contributed by atoms with E-state index in [9.17, 15) is 0 Å². The summed E-state index contributed by atoms with van der Waals surface area (Å²) in [6.07, 6.45) is 1.90. The first-order valence-electron chi connectivity index (χ1n) is 8.61. The van der Waals surface area contributed by atoms with E-state index in [4.69, 9.17) is 16.3 Å². The van der Waals surface area contributed by atoms with E-state index in [0.29, 0.717) is 19.7 Å². The number of halogens is 1. The number of nitrogens with one attached hydrogen (secondary N) is 1. The number of nitrogens with zero attached hydrogens (tertiary/aromatic N) is 5. The monoisotopic (exact) mass is 380 g/mol.